The van der Waals surface area contributed by atoms with E-state index in [1.165, 1.54) is 25.0 Å². The SMILES string of the molecule is CCCCBr.Cc1cc(F)cc(F)c1.Oc1cc(F)cc(F)c1. The van der Waals surface area contributed by atoms with Gasteiger partial charge in [-0.3, -0.25) is 0 Å². The summed E-state index contributed by atoms with van der Waals surface area (Å²) in [7, 11) is 0. The molecule has 0 aliphatic carbocycles. The Balaban J connectivity index is 0.000000332. The van der Waals surface area contributed by atoms with Crippen LogP contribution >= 0.6 is 15.9 Å². The van der Waals surface area contributed by atoms with Crippen LogP contribution in [0.5, 0.6) is 5.75 Å². The first-order chi connectivity index (χ1) is 10.8. The van der Waals surface area contributed by atoms with Crippen LogP contribution in [0, 0.1) is 30.2 Å². The van der Waals surface area contributed by atoms with E-state index in [-0.39, 0.29) is 0 Å². The van der Waals surface area contributed by atoms with Gasteiger partial charge in [-0.25, -0.2) is 17.6 Å². The van der Waals surface area contributed by atoms with E-state index in [9.17, 15) is 17.6 Å². The summed E-state index contributed by atoms with van der Waals surface area (Å²) in [5, 5.41) is 9.67. The van der Waals surface area contributed by atoms with E-state index in [2.05, 4.69) is 22.9 Å². The summed E-state index contributed by atoms with van der Waals surface area (Å²) in [6.45, 7) is 3.83. The molecule has 1 nitrogen and oxygen atoms in total. The van der Waals surface area contributed by atoms with Crippen molar-refractivity contribution in [2.75, 3.05) is 5.33 Å². The Bertz CT molecular complexity index is 438. The lowest BCUT2D eigenvalue weighted by Gasteiger charge is -1.91. The fourth-order valence-corrected chi connectivity index (χ4v) is 1.93. The maximum atomic E-state index is 12.2. The van der Waals surface area contributed by atoms with Gasteiger partial charge in [0.15, 0.2) is 0 Å². The predicted octanol–water partition coefficient (Wildman–Crippen LogP) is 6.13. The number of hydrogen-bond donors (Lipinski definition) is 1. The maximum absolute atomic E-state index is 12.2. The topological polar surface area (TPSA) is 20.2 Å². The molecule has 0 bridgehead atoms. The number of aryl methyl sites for hydroxylation is 1. The van der Waals surface area contributed by atoms with Crippen molar-refractivity contribution in [2.24, 2.45) is 0 Å². The lowest BCUT2D eigenvalue weighted by atomic mass is 10.2. The summed E-state index contributed by atoms with van der Waals surface area (Å²) < 4.78 is 48.4. The average molecular weight is 395 g/mol. The lowest BCUT2D eigenvalue weighted by molar-refractivity contribution is 0.460. The molecule has 0 aliphatic heterocycles. The number of benzene rings is 2. The molecule has 1 N–H and O–H groups in total. The molecule has 6 heteroatoms. The van der Waals surface area contributed by atoms with Crippen LogP contribution in [-0.4, -0.2) is 10.4 Å². The van der Waals surface area contributed by atoms with Gasteiger partial charge in [0.25, 0.3) is 0 Å². The van der Waals surface area contributed by atoms with Crippen LogP contribution in [0.25, 0.3) is 0 Å². The molecule has 0 amide bonds. The van der Waals surface area contributed by atoms with E-state index in [1.54, 1.807) is 6.92 Å². The van der Waals surface area contributed by atoms with Crippen molar-refractivity contribution in [3.63, 3.8) is 0 Å². The zero-order valence-electron chi connectivity index (χ0n) is 12.9. The second-order valence-corrected chi connectivity index (χ2v) is 5.41. The largest absolute Gasteiger partial charge is 0.508 e. The molecule has 0 aromatic heterocycles. The van der Waals surface area contributed by atoms with Crippen molar-refractivity contribution < 1.29 is 22.7 Å². The molecule has 2 aromatic carbocycles. The molecule has 128 valence electrons. The minimum Gasteiger partial charge on any atom is -0.508 e. The van der Waals surface area contributed by atoms with Gasteiger partial charge in [0.1, 0.15) is 29.0 Å². The summed E-state index contributed by atoms with van der Waals surface area (Å²) in [6.07, 6.45) is 2.60. The van der Waals surface area contributed by atoms with Gasteiger partial charge in [0.2, 0.25) is 0 Å². The number of aromatic hydroxyl groups is 1. The Kier molecular flexibility index (Phi) is 11.1. The third-order valence-corrected chi connectivity index (χ3v) is 2.90. The van der Waals surface area contributed by atoms with E-state index in [1.807, 2.05) is 0 Å². The maximum Gasteiger partial charge on any atom is 0.129 e. The molecule has 0 saturated heterocycles. The molecule has 0 saturated carbocycles. The fraction of sp³-hybridized carbons (Fsp3) is 0.294. The average Bonchev–Trinajstić information content (AvgIpc) is 2.37. The zero-order chi connectivity index (χ0) is 17.8. The minimum absolute atomic E-state index is 0.396. The lowest BCUT2D eigenvalue weighted by Crippen LogP contribution is -1.80. The highest BCUT2D eigenvalue weighted by atomic mass is 79.9. The van der Waals surface area contributed by atoms with Crippen molar-refractivity contribution in [1.82, 2.24) is 0 Å². The Morgan fingerprint density at radius 1 is 0.826 bits per heavy atom. The Labute approximate surface area is 142 Å². The van der Waals surface area contributed by atoms with E-state index in [0.29, 0.717) is 11.6 Å². The smallest absolute Gasteiger partial charge is 0.129 e. The van der Waals surface area contributed by atoms with Crippen molar-refractivity contribution in [3.05, 3.63) is 65.2 Å². The minimum atomic E-state index is -0.771. The highest BCUT2D eigenvalue weighted by Gasteiger charge is 1.96. The molecule has 0 heterocycles. The fourth-order valence-electron chi connectivity index (χ4n) is 1.36. The molecule has 2 aromatic rings. The molecule has 0 radical (unpaired) electrons. The number of phenolic OH excluding ortho intramolecular Hbond substituents is 1. The third-order valence-electron chi connectivity index (χ3n) is 2.34. The quantitative estimate of drug-likeness (QED) is 0.480. The summed E-state index contributed by atoms with van der Waals surface area (Å²) >= 11 is 3.31. The van der Waals surface area contributed by atoms with Crippen molar-refractivity contribution >= 4 is 15.9 Å². The number of halogens is 5. The van der Waals surface area contributed by atoms with Gasteiger partial charge < -0.3 is 5.11 Å². The molecule has 0 aliphatic rings. The molecular weight excluding hydrogens is 376 g/mol. The second kappa shape index (κ2) is 11.9. The normalized spacial score (nSPS) is 9.35. The number of rotatable bonds is 2. The van der Waals surface area contributed by atoms with Gasteiger partial charge in [-0.15, -0.1) is 0 Å². The van der Waals surface area contributed by atoms with E-state index in [0.717, 1.165) is 23.5 Å². The Morgan fingerprint density at radius 2 is 1.22 bits per heavy atom. The Hall–Kier alpha value is -1.56. The molecular formula is C17H19BrF4O. The molecule has 2 rings (SSSR count). The predicted molar refractivity (Wildman–Crippen MR) is 87.8 cm³/mol. The van der Waals surface area contributed by atoms with Crippen molar-refractivity contribution in [3.8, 4) is 5.75 Å². The van der Waals surface area contributed by atoms with Crippen LogP contribution in [0.2, 0.25) is 0 Å². The molecule has 0 unspecified atom stereocenters. The monoisotopic (exact) mass is 394 g/mol. The van der Waals surface area contributed by atoms with Crippen molar-refractivity contribution in [2.45, 2.75) is 26.7 Å². The molecule has 0 fully saturated rings. The van der Waals surface area contributed by atoms with Gasteiger partial charge in [-0.1, -0.05) is 29.3 Å². The first kappa shape index (κ1) is 21.4. The highest BCUT2D eigenvalue weighted by molar-refractivity contribution is 9.09. The Morgan fingerprint density at radius 3 is 1.43 bits per heavy atom. The van der Waals surface area contributed by atoms with E-state index >= 15 is 0 Å². The number of unbranched alkanes of at least 4 members (excludes halogenated alkanes) is 1. The van der Waals surface area contributed by atoms with E-state index < -0.39 is 29.0 Å². The summed E-state index contributed by atoms with van der Waals surface area (Å²) in [5.41, 5.74) is 0.604. The van der Waals surface area contributed by atoms with Crippen LogP contribution in [0.3, 0.4) is 0 Å². The number of phenols is 1. The van der Waals surface area contributed by atoms with Crippen LogP contribution in [0.1, 0.15) is 25.3 Å². The molecule has 0 atom stereocenters. The molecule has 0 spiro atoms. The first-order valence-corrected chi connectivity index (χ1v) is 8.04. The summed E-state index contributed by atoms with van der Waals surface area (Å²) in [6, 6.07) is 5.78. The highest BCUT2D eigenvalue weighted by Crippen LogP contribution is 2.12. The van der Waals surface area contributed by atoms with Gasteiger partial charge in [0.05, 0.1) is 0 Å². The summed E-state index contributed by atoms with van der Waals surface area (Å²) in [5.74, 6) is -2.98. The zero-order valence-corrected chi connectivity index (χ0v) is 14.5. The van der Waals surface area contributed by atoms with Crippen LogP contribution in [0.4, 0.5) is 17.6 Å². The number of alkyl halides is 1. The van der Waals surface area contributed by atoms with Crippen LogP contribution in [0.15, 0.2) is 36.4 Å². The van der Waals surface area contributed by atoms with Gasteiger partial charge in [-0.05, 0) is 31.0 Å². The van der Waals surface area contributed by atoms with Gasteiger partial charge in [0, 0.05) is 29.6 Å². The summed E-state index contributed by atoms with van der Waals surface area (Å²) in [4.78, 5) is 0. The molecule has 23 heavy (non-hydrogen) atoms. The first-order valence-electron chi connectivity index (χ1n) is 6.92. The van der Waals surface area contributed by atoms with Crippen molar-refractivity contribution in [1.29, 1.82) is 0 Å². The van der Waals surface area contributed by atoms with E-state index in [4.69, 9.17) is 5.11 Å². The number of hydrogen-bond acceptors (Lipinski definition) is 1. The van der Waals surface area contributed by atoms with Gasteiger partial charge >= 0.3 is 0 Å². The van der Waals surface area contributed by atoms with Crippen LogP contribution < -0.4 is 0 Å². The van der Waals surface area contributed by atoms with Crippen LogP contribution in [-0.2, 0) is 0 Å². The van der Waals surface area contributed by atoms with Gasteiger partial charge in [-0.2, -0.15) is 0 Å². The standard InChI is InChI=1S/C7H6F2.C6H4F2O.C4H9Br/c1-5-2-6(8)4-7(9)3-5;7-4-1-5(8)3-6(9)2-4;1-2-3-4-5/h2-4H,1H3;1-3,9H;2-4H2,1H3. The third kappa shape index (κ3) is 11.6. The second-order valence-electron chi connectivity index (χ2n) is 4.62.